The number of anilines is 1. The third-order valence-electron chi connectivity index (χ3n) is 9.78. The van der Waals surface area contributed by atoms with Gasteiger partial charge in [0, 0.05) is 30.5 Å². The van der Waals surface area contributed by atoms with Gasteiger partial charge in [0.05, 0.1) is 43.7 Å². The van der Waals surface area contributed by atoms with Gasteiger partial charge in [-0.3, -0.25) is 29.8 Å². The molecule has 13 nitrogen and oxygen atoms in total. The lowest BCUT2D eigenvalue weighted by molar-refractivity contribution is -0.118. The van der Waals surface area contributed by atoms with E-state index in [0.717, 1.165) is 16.7 Å². The summed E-state index contributed by atoms with van der Waals surface area (Å²) in [6.07, 6.45) is 1.10. The number of hydrogen-bond acceptors (Lipinski definition) is 10. The largest absolute Gasteiger partial charge is 0.351 e. The lowest BCUT2D eigenvalue weighted by Gasteiger charge is -2.40. The average molecular weight is 779 g/mol. The number of nitrogens with one attached hydrogen (secondary N) is 3. The highest BCUT2D eigenvalue weighted by Crippen LogP contribution is 2.47. The molecule has 1 saturated heterocycles. The first-order chi connectivity index (χ1) is 27.0. The second-order valence-electron chi connectivity index (χ2n) is 14.7. The van der Waals surface area contributed by atoms with Crippen LogP contribution in [0.25, 0.3) is 11.2 Å². The van der Waals surface area contributed by atoms with E-state index in [1.807, 2.05) is 54.6 Å². The summed E-state index contributed by atoms with van der Waals surface area (Å²) in [4.78, 5) is 37.5. The van der Waals surface area contributed by atoms with E-state index in [1.54, 1.807) is 24.7 Å². The molecule has 3 heterocycles. The van der Waals surface area contributed by atoms with Crippen LogP contribution in [0.3, 0.4) is 0 Å². The molecule has 0 saturated carbocycles. The van der Waals surface area contributed by atoms with Gasteiger partial charge in [-0.25, -0.2) is 9.65 Å². The first-order valence-corrected chi connectivity index (χ1v) is 20.2. The predicted molar refractivity (Wildman–Crippen MR) is 217 cm³/mol. The van der Waals surface area contributed by atoms with Gasteiger partial charge in [0.15, 0.2) is 11.2 Å². The Kier molecular flexibility index (Phi) is 13.4. The molecule has 56 heavy (non-hydrogen) atoms. The number of carbonyl (C=O) groups excluding carboxylic acids is 1. The van der Waals surface area contributed by atoms with Crippen molar-refractivity contribution in [2.75, 3.05) is 18.5 Å². The van der Waals surface area contributed by atoms with Crippen LogP contribution in [0.1, 0.15) is 77.3 Å². The maximum atomic E-state index is 13.2. The molecule has 3 N–H and O–H groups in total. The molecule has 1 aliphatic rings. The molecule has 3 aromatic carbocycles. The Hall–Kier alpha value is -4.80. The van der Waals surface area contributed by atoms with Gasteiger partial charge < -0.3 is 13.8 Å². The van der Waals surface area contributed by atoms with Gasteiger partial charge in [-0.05, 0) is 44.4 Å². The van der Waals surface area contributed by atoms with Crippen LogP contribution in [0.4, 0.5) is 5.95 Å². The SMILES string of the molecule is CC(C)C(=O)Nc1nc2c(ncn2[C@H]2C[C@@H](NC(c3ccccc3)(c3ccccc3)c3ccccc3)C(COP(OCCC#N)N(C(C)C)C(C)C)O2)c(=O)[nH]1. The number of nitriles is 1. The highest BCUT2D eigenvalue weighted by atomic mass is 31.2. The van der Waals surface area contributed by atoms with Crippen molar-refractivity contribution >= 4 is 31.5 Å². The van der Waals surface area contributed by atoms with E-state index < -0.39 is 32.0 Å². The second kappa shape index (κ2) is 18.4. The molecule has 0 aliphatic carbocycles. The quantitative estimate of drug-likeness (QED) is 0.0499. The van der Waals surface area contributed by atoms with Gasteiger partial charge in [0.25, 0.3) is 14.1 Å². The highest BCUT2D eigenvalue weighted by Gasteiger charge is 2.45. The van der Waals surface area contributed by atoms with Crippen molar-refractivity contribution in [2.24, 2.45) is 5.92 Å². The molecule has 294 valence electrons. The van der Waals surface area contributed by atoms with Crippen LogP contribution < -0.4 is 16.2 Å². The maximum absolute atomic E-state index is 13.2. The minimum absolute atomic E-state index is 0.0365. The van der Waals surface area contributed by atoms with E-state index >= 15 is 0 Å². The van der Waals surface area contributed by atoms with Crippen LogP contribution in [-0.4, -0.2) is 67.5 Å². The van der Waals surface area contributed by atoms with E-state index in [9.17, 15) is 14.9 Å². The predicted octanol–water partition coefficient (Wildman–Crippen LogP) is 7.24. The number of ether oxygens (including phenoxy) is 1. The smallest absolute Gasteiger partial charge is 0.280 e. The molecule has 2 aromatic heterocycles. The summed E-state index contributed by atoms with van der Waals surface area (Å²) in [6.45, 7) is 12.3. The molecule has 4 atom stereocenters. The monoisotopic (exact) mass is 778 g/mol. The molecule has 1 amide bonds. The summed E-state index contributed by atoms with van der Waals surface area (Å²) < 4.78 is 23.9. The van der Waals surface area contributed by atoms with E-state index in [2.05, 4.69) is 100 Å². The van der Waals surface area contributed by atoms with Gasteiger partial charge in [0.1, 0.15) is 6.23 Å². The third-order valence-corrected chi connectivity index (χ3v) is 11.9. The van der Waals surface area contributed by atoms with Gasteiger partial charge in [0.2, 0.25) is 11.9 Å². The molecular weight excluding hydrogens is 727 g/mol. The van der Waals surface area contributed by atoms with Crippen molar-refractivity contribution in [1.29, 1.82) is 5.26 Å². The zero-order chi connectivity index (χ0) is 39.8. The number of aromatic amines is 1. The lowest BCUT2D eigenvalue weighted by atomic mass is 9.76. The van der Waals surface area contributed by atoms with E-state index in [0.29, 0.717) is 6.42 Å². The van der Waals surface area contributed by atoms with Crippen LogP contribution >= 0.6 is 8.53 Å². The van der Waals surface area contributed by atoms with Crippen LogP contribution in [0.5, 0.6) is 0 Å². The van der Waals surface area contributed by atoms with Crippen molar-refractivity contribution in [3.8, 4) is 6.07 Å². The van der Waals surface area contributed by atoms with Crippen LogP contribution in [0.2, 0.25) is 0 Å². The lowest BCUT2D eigenvalue weighted by Crippen LogP contribution is -2.53. The fourth-order valence-electron chi connectivity index (χ4n) is 7.21. The molecule has 0 bridgehead atoms. The van der Waals surface area contributed by atoms with Gasteiger partial charge >= 0.3 is 0 Å². The minimum Gasteiger partial charge on any atom is -0.351 e. The van der Waals surface area contributed by atoms with Crippen LogP contribution in [-0.2, 0) is 24.1 Å². The number of carbonyl (C=O) groups is 1. The fourth-order valence-corrected chi connectivity index (χ4v) is 8.83. The Bertz CT molecular complexity index is 2030. The van der Waals surface area contributed by atoms with Crippen molar-refractivity contribution < 1.29 is 18.6 Å². The molecule has 2 unspecified atom stereocenters. The number of nitrogens with zero attached hydrogens (tertiary/aromatic N) is 5. The molecule has 5 aromatic rings. The Labute approximate surface area is 329 Å². The summed E-state index contributed by atoms with van der Waals surface area (Å²) in [5.41, 5.74) is 2.25. The van der Waals surface area contributed by atoms with Crippen LogP contribution in [0, 0.1) is 17.2 Å². The fraction of sp³-hybridized carbons (Fsp3) is 0.405. The number of hydrogen-bond donors (Lipinski definition) is 3. The zero-order valence-electron chi connectivity index (χ0n) is 32.8. The number of rotatable bonds is 17. The number of fused-ring (bicyclic) bond motifs is 1. The van der Waals surface area contributed by atoms with Gasteiger partial charge in [-0.1, -0.05) is 105 Å². The van der Waals surface area contributed by atoms with Gasteiger partial charge in [-0.2, -0.15) is 10.2 Å². The number of aromatic nitrogens is 4. The third kappa shape index (κ3) is 8.92. The average Bonchev–Trinajstić information content (AvgIpc) is 3.80. The summed E-state index contributed by atoms with van der Waals surface area (Å²) in [7, 11) is -1.57. The molecule has 0 radical (unpaired) electrons. The number of benzene rings is 3. The zero-order valence-corrected chi connectivity index (χ0v) is 33.6. The van der Waals surface area contributed by atoms with Crippen molar-refractivity contribution in [3.05, 3.63) is 124 Å². The Morgan fingerprint density at radius 1 is 0.964 bits per heavy atom. The standard InChI is InChI=1S/C42H51N8O5P/c1-28(2)39(51)46-41-45-38-37(40(52)47-41)44-27-49(38)36-25-34(35(55-36)26-54-56(53-24-16-23-43)50(29(3)4)30(5)6)48-42(31-17-10-7-11-18-31,32-19-12-8-13-20-32)33-21-14-9-15-22-33/h7-15,17-22,27-30,34-36,48H,16,24-26H2,1-6H3,(H2,45,46,47,51,52)/t34-,35?,36-,56?/m1/s1. The molecular formula is C42H51N8O5P. The molecule has 1 fully saturated rings. The molecule has 0 spiro atoms. The topological polar surface area (TPSA) is 159 Å². The molecule has 6 rings (SSSR count). The Balaban J connectivity index is 1.44. The van der Waals surface area contributed by atoms with E-state index in [4.69, 9.17) is 13.8 Å². The summed E-state index contributed by atoms with van der Waals surface area (Å²) in [6, 6.07) is 33.1. The molecule has 1 aliphatic heterocycles. The summed E-state index contributed by atoms with van der Waals surface area (Å²) in [5, 5.41) is 16.1. The Morgan fingerprint density at radius 3 is 2.05 bits per heavy atom. The van der Waals surface area contributed by atoms with Crippen molar-refractivity contribution in [2.45, 2.75) is 90.4 Å². The van der Waals surface area contributed by atoms with Gasteiger partial charge in [-0.15, -0.1) is 0 Å². The second-order valence-corrected chi connectivity index (χ2v) is 16.1. The normalized spacial score (nSPS) is 17.9. The van der Waals surface area contributed by atoms with E-state index in [1.165, 1.54) is 0 Å². The maximum Gasteiger partial charge on any atom is 0.280 e. The van der Waals surface area contributed by atoms with Crippen LogP contribution in [0.15, 0.2) is 102 Å². The number of H-pyrrole nitrogens is 1. The first kappa shape index (κ1) is 40.9. The van der Waals surface area contributed by atoms with Crippen molar-refractivity contribution in [3.63, 3.8) is 0 Å². The number of imidazole rings is 1. The highest BCUT2D eigenvalue weighted by molar-refractivity contribution is 7.44. The van der Waals surface area contributed by atoms with E-state index in [-0.39, 0.29) is 66.7 Å². The summed E-state index contributed by atoms with van der Waals surface area (Å²) >= 11 is 0. The number of amides is 1. The summed E-state index contributed by atoms with van der Waals surface area (Å²) in [5.74, 6) is -0.557. The molecule has 14 heteroatoms. The Morgan fingerprint density at radius 2 is 1.54 bits per heavy atom. The first-order valence-electron chi connectivity index (χ1n) is 19.1. The minimum atomic E-state index is -1.57. The van der Waals surface area contributed by atoms with Crippen molar-refractivity contribution in [1.82, 2.24) is 29.5 Å².